The molecule has 0 atom stereocenters. The molecule has 104 valence electrons. The highest BCUT2D eigenvalue weighted by atomic mass is 35.5. The van der Waals surface area contributed by atoms with Gasteiger partial charge in [-0.3, -0.25) is 0 Å². The summed E-state index contributed by atoms with van der Waals surface area (Å²) in [6.45, 7) is 3.95. The van der Waals surface area contributed by atoms with Crippen molar-refractivity contribution in [3.63, 3.8) is 0 Å². The van der Waals surface area contributed by atoms with Gasteiger partial charge in [0, 0.05) is 18.6 Å². The lowest BCUT2D eigenvalue weighted by Crippen LogP contribution is -2.64. The van der Waals surface area contributed by atoms with E-state index in [0.29, 0.717) is 5.54 Å². The van der Waals surface area contributed by atoms with Crippen LogP contribution in [0.4, 0.5) is 0 Å². The predicted octanol–water partition coefficient (Wildman–Crippen LogP) is 2.21. The van der Waals surface area contributed by atoms with Crippen LogP contribution in [0.15, 0.2) is 0 Å². The highest BCUT2D eigenvalue weighted by Gasteiger charge is 2.51. The van der Waals surface area contributed by atoms with E-state index in [9.17, 15) is 0 Å². The Morgan fingerprint density at radius 3 is 1.89 bits per heavy atom. The van der Waals surface area contributed by atoms with Gasteiger partial charge in [0.15, 0.2) is 0 Å². The molecule has 18 heavy (non-hydrogen) atoms. The number of hydrogen-bond donors (Lipinski definition) is 1. The van der Waals surface area contributed by atoms with Gasteiger partial charge < -0.3 is 4.74 Å². The number of halogens is 1. The minimum Gasteiger partial charge on any atom is -0.379 e. The highest BCUT2D eigenvalue weighted by Crippen LogP contribution is 2.55. The van der Waals surface area contributed by atoms with Gasteiger partial charge in [-0.25, -0.2) is 10.4 Å². The maximum absolute atomic E-state index is 5.44. The molecule has 1 N–H and O–H groups in total. The van der Waals surface area contributed by atoms with E-state index in [1.165, 1.54) is 38.5 Å². The fourth-order valence-corrected chi connectivity index (χ4v) is 5.26. The second kappa shape index (κ2) is 4.93. The average molecular weight is 273 g/mol. The largest absolute Gasteiger partial charge is 0.379 e. The van der Waals surface area contributed by atoms with Gasteiger partial charge in [0.25, 0.3) is 0 Å². The number of hydrazine groups is 1. The molecule has 0 aromatic heterocycles. The Kier molecular flexibility index (Phi) is 3.61. The van der Waals surface area contributed by atoms with E-state index >= 15 is 0 Å². The first-order valence-electron chi connectivity index (χ1n) is 7.42. The molecule has 1 saturated heterocycles. The van der Waals surface area contributed by atoms with Crippen molar-refractivity contribution in [1.82, 2.24) is 10.4 Å². The molecule has 3 nitrogen and oxygen atoms in total. The van der Waals surface area contributed by atoms with E-state index in [4.69, 9.17) is 4.74 Å². The summed E-state index contributed by atoms with van der Waals surface area (Å²) in [6.07, 6.45) is 8.92. The van der Waals surface area contributed by atoms with Gasteiger partial charge in [0.2, 0.25) is 0 Å². The standard InChI is InChI=1S/C14H24N2O.ClH/c1-3-17-4-2-16(1)15-14-8-11-5-12(9-14)7-13(6-11)10-14;/h11-13,15H,1-10H2;1H. The zero-order chi connectivity index (χ0) is 11.3. The fourth-order valence-electron chi connectivity index (χ4n) is 5.26. The molecule has 0 aromatic carbocycles. The monoisotopic (exact) mass is 272 g/mol. The van der Waals surface area contributed by atoms with Gasteiger partial charge in [-0.15, -0.1) is 12.4 Å². The molecule has 0 spiro atoms. The third-order valence-corrected chi connectivity index (χ3v) is 5.44. The smallest absolute Gasteiger partial charge is 0.0608 e. The first-order chi connectivity index (χ1) is 8.31. The van der Waals surface area contributed by atoms with Crippen LogP contribution in [-0.4, -0.2) is 36.9 Å². The van der Waals surface area contributed by atoms with Gasteiger partial charge in [0.1, 0.15) is 0 Å². The minimum atomic E-state index is 0. The van der Waals surface area contributed by atoms with Crippen LogP contribution in [0.5, 0.6) is 0 Å². The highest BCUT2D eigenvalue weighted by molar-refractivity contribution is 5.85. The molecule has 0 amide bonds. The van der Waals surface area contributed by atoms with Crippen LogP contribution in [0.25, 0.3) is 0 Å². The van der Waals surface area contributed by atoms with E-state index in [0.717, 1.165) is 44.1 Å². The van der Waals surface area contributed by atoms with Crippen molar-refractivity contribution in [3.8, 4) is 0 Å². The van der Waals surface area contributed by atoms with Gasteiger partial charge in [-0.2, -0.15) is 0 Å². The second-order valence-corrected chi connectivity index (χ2v) is 6.91. The molecule has 4 heteroatoms. The lowest BCUT2D eigenvalue weighted by atomic mass is 9.53. The fraction of sp³-hybridized carbons (Fsp3) is 1.00. The van der Waals surface area contributed by atoms with Crippen molar-refractivity contribution in [1.29, 1.82) is 0 Å². The molecule has 4 bridgehead atoms. The third kappa shape index (κ3) is 2.31. The molecule has 1 heterocycles. The zero-order valence-electron chi connectivity index (χ0n) is 11.1. The maximum Gasteiger partial charge on any atom is 0.0608 e. The Balaban J connectivity index is 0.000001000. The number of morpholine rings is 1. The van der Waals surface area contributed by atoms with Gasteiger partial charge in [0.05, 0.1) is 13.2 Å². The summed E-state index contributed by atoms with van der Waals surface area (Å²) in [5.41, 5.74) is 4.40. The molecule has 0 aromatic rings. The summed E-state index contributed by atoms with van der Waals surface area (Å²) in [5.74, 6) is 3.11. The van der Waals surface area contributed by atoms with Crippen LogP contribution in [-0.2, 0) is 4.74 Å². The number of hydrogen-bond acceptors (Lipinski definition) is 3. The van der Waals surface area contributed by atoms with Crippen LogP contribution in [0, 0.1) is 17.8 Å². The minimum absolute atomic E-state index is 0. The van der Waals surface area contributed by atoms with Crippen LogP contribution in [0.1, 0.15) is 38.5 Å². The van der Waals surface area contributed by atoms with Crippen LogP contribution in [0.2, 0.25) is 0 Å². The molecule has 5 rings (SSSR count). The number of rotatable bonds is 2. The van der Waals surface area contributed by atoms with Gasteiger partial charge >= 0.3 is 0 Å². The molecule has 5 aliphatic rings. The topological polar surface area (TPSA) is 24.5 Å². The third-order valence-electron chi connectivity index (χ3n) is 5.44. The number of nitrogens with one attached hydrogen (secondary N) is 1. The van der Waals surface area contributed by atoms with Gasteiger partial charge in [-0.1, -0.05) is 0 Å². The lowest BCUT2D eigenvalue weighted by molar-refractivity contribution is -0.0807. The molecule has 4 aliphatic carbocycles. The summed E-state index contributed by atoms with van der Waals surface area (Å²) in [6, 6.07) is 0. The summed E-state index contributed by atoms with van der Waals surface area (Å²) < 4.78 is 5.44. The number of nitrogens with zero attached hydrogens (tertiary/aromatic N) is 1. The summed E-state index contributed by atoms with van der Waals surface area (Å²) in [5, 5.41) is 2.44. The van der Waals surface area contributed by atoms with Crippen molar-refractivity contribution in [2.75, 3.05) is 26.3 Å². The molecule has 0 unspecified atom stereocenters. The quantitative estimate of drug-likeness (QED) is 0.834. The molecule has 5 fully saturated rings. The van der Waals surface area contributed by atoms with E-state index in [1.54, 1.807) is 0 Å². The zero-order valence-corrected chi connectivity index (χ0v) is 11.9. The SMILES string of the molecule is C1CN(NC23CC4CC(CC(C4)C2)C3)CCO1.Cl. The van der Waals surface area contributed by atoms with Crippen LogP contribution < -0.4 is 5.43 Å². The normalized spacial score (nSPS) is 47.0. The average Bonchev–Trinajstić information content (AvgIpc) is 2.27. The summed E-state index contributed by atoms with van der Waals surface area (Å²) in [4.78, 5) is 0. The summed E-state index contributed by atoms with van der Waals surface area (Å²) >= 11 is 0. The Labute approximate surface area is 116 Å². The molecular formula is C14H25ClN2O. The van der Waals surface area contributed by atoms with Crippen LogP contribution >= 0.6 is 12.4 Å². The van der Waals surface area contributed by atoms with E-state index in [-0.39, 0.29) is 12.4 Å². The molecule has 1 aliphatic heterocycles. The number of ether oxygens (including phenoxy) is 1. The van der Waals surface area contributed by atoms with Crippen molar-refractivity contribution in [2.24, 2.45) is 17.8 Å². The molecule has 0 radical (unpaired) electrons. The van der Waals surface area contributed by atoms with Crippen molar-refractivity contribution in [2.45, 2.75) is 44.1 Å². The van der Waals surface area contributed by atoms with E-state index in [2.05, 4.69) is 10.4 Å². The van der Waals surface area contributed by atoms with E-state index in [1.807, 2.05) is 0 Å². The van der Waals surface area contributed by atoms with Crippen molar-refractivity contribution < 1.29 is 4.74 Å². The lowest BCUT2D eigenvalue weighted by Gasteiger charge is -2.58. The maximum atomic E-state index is 5.44. The first-order valence-corrected chi connectivity index (χ1v) is 7.42. The van der Waals surface area contributed by atoms with E-state index < -0.39 is 0 Å². The Hall–Kier alpha value is 0.170. The predicted molar refractivity (Wildman–Crippen MR) is 73.7 cm³/mol. The molecular weight excluding hydrogens is 248 g/mol. The Bertz CT molecular complexity index is 269. The van der Waals surface area contributed by atoms with Crippen molar-refractivity contribution in [3.05, 3.63) is 0 Å². The second-order valence-electron chi connectivity index (χ2n) is 6.91. The Morgan fingerprint density at radius 2 is 1.39 bits per heavy atom. The first kappa shape index (κ1) is 13.2. The van der Waals surface area contributed by atoms with Gasteiger partial charge in [-0.05, 0) is 56.3 Å². The summed E-state index contributed by atoms with van der Waals surface area (Å²) in [7, 11) is 0. The molecule has 4 saturated carbocycles. The Morgan fingerprint density at radius 1 is 0.889 bits per heavy atom. The van der Waals surface area contributed by atoms with Crippen molar-refractivity contribution >= 4 is 12.4 Å². The van der Waals surface area contributed by atoms with Crippen LogP contribution in [0.3, 0.4) is 0 Å².